The van der Waals surface area contributed by atoms with Crippen molar-refractivity contribution in [3.8, 4) is 5.75 Å². The van der Waals surface area contributed by atoms with Crippen LogP contribution in [-0.2, 0) is 16.4 Å². The number of para-hydroxylation sites is 1. The Morgan fingerprint density at radius 2 is 1.83 bits per heavy atom. The van der Waals surface area contributed by atoms with Crippen LogP contribution in [0.5, 0.6) is 5.75 Å². The summed E-state index contributed by atoms with van der Waals surface area (Å²) in [6.07, 6.45) is -3.70. The fraction of sp³-hybridized carbons (Fsp3) is 0.300. The number of ether oxygens (including phenoxy) is 1. The van der Waals surface area contributed by atoms with E-state index in [2.05, 4.69) is 9.72 Å². The van der Waals surface area contributed by atoms with Gasteiger partial charge in [-0.25, -0.2) is 8.42 Å². The van der Waals surface area contributed by atoms with Crippen molar-refractivity contribution in [2.75, 3.05) is 6.54 Å². The molecule has 0 aliphatic carbocycles. The monoisotopic (exact) mass is 424 g/mol. The molecule has 2 aromatic carbocycles. The molecule has 9 heteroatoms. The maximum Gasteiger partial charge on any atom is 0.573 e. The molecule has 154 valence electrons. The number of benzene rings is 2. The molecule has 1 aliphatic heterocycles. The Labute approximate surface area is 166 Å². The SMILES string of the molecule is CCC1c2[nH]c3ccccc3c2CCN1S(=O)(=O)c1ccc(OC(F)(F)F)cc1. The Morgan fingerprint density at radius 1 is 1.14 bits per heavy atom. The molecule has 0 fully saturated rings. The quantitative estimate of drug-likeness (QED) is 0.657. The molecular weight excluding hydrogens is 405 g/mol. The average molecular weight is 424 g/mol. The summed E-state index contributed by atoms with van der Waals surface area (Å²) in [5.74, 6) is -0.458. The van der Waals surface area contributed by atoms with Gasteiger partial charge in [0.1, 0.15) is 5.75 Å². The molecule has 1 atom stereocenters. The van der Waals surface area contributed by atoms with E-state index >= 15 is 0 Å². The first-order chi connectivity index (χ1) is 13.7. The highest BCUT2D eigenvalue weighted by Gasteiger charge is 2.37. The minimum Gasteiger partial charge on any atom is -0.406 e. The van der Waals surface area contributed by atoms with E-state index in [0.717, 1.165) is 46.4 Å². The van der Waals surface area contributed by atoms with Gasteiger partial charge >= 0.3 is 6.36 Å². The van der Waals surface area contributed by atoms with Crippen molar-refractivity contribution in [1.82, 2.24) is 9.29 Å². The number of rotatable bonds is 4. The van der Waals surface area contributed by atoms with Crippen LogP contribution in [0.25, 0.3) is 10.9 Å². The van der Waals surface area contributed by atoms with Crippen molar-refractivity contribution in [3.63, 3.8) is 0 Å². The van der Waals surface area contributed by atoms with Crippen molar-refractivity contribution in [3.05, 3.63) is 59.8 Å². The summed E-state index contributed by atoms with van der Waals surface area (Å²) in [7, 11) is -3.89. The van der Waals surface area contributed by atoms with Gasteiger partial charge in [-0.15, -0.1) is 13.2 Å². The van der Waals surface area contributed by atoms with Gasteiger partial charge in [-0.05, 0) is 48.7 Å². The second-order valence-corrected chi connectivity index (χ2v) is 8.76. The molecule has 0 amide bonds. The lowest BCUT2D eigenvalue weighted by molar-refractivity contribution is -0.274. The van der Waals surface area contributed by atoms with Gasteiger partial charge in [0.2, 0.25) is 10.0 Å². The first-order valence-corrected chi connectivity index (χ1v) is 10.6. The molecule has 4 rings (SSSR count). The van der Waals surface area contributed by atoms with E-state index in [1.807, 2.05) is 31.2 Å². The summed E-state index contributed by atoms with van der Waals surface area (Å²) in [5.41, 5.74) is 2.96. The maximum absolute atomic E-state index is 13.2. The molecule has 0 spiro atoms. The average Bonchev–Trinajstić information content (AvgIpc) is 3.05. The minimum absolute atomic E-state index is 0.0648. The summed E-state index contributed by atoms with van der Waals surface area (Å²) < 4.78 is 68.7. The van der Waals surface area contributed by atoms with Crippen molar-refractivity contribution < 1.29 is 26.3 Å². The lowest BCUT2D eigenvalue weighted by Gasteiger charge is -2.34. The van der Waals surface area contributed by atoms with E-state index in [0.29, 0.717) is 19.4 Å². The number of fused-ring (bicyclic) bond motifs is 3. The van der Waals surface area contributed by atoms with E-state index in [9.17, 15) is 21.6 Å². The van der Waals surface area contributed by atoms with Crippen LogP contribution in [0.4, 0.5) is 13.2 Å². The van der Waals surface area contributed by atoms with Gasteiger partial charge in [-0.3, -0.25) is 0 Å². The highest BCUT2D eigenvalue weighted by molar-refractivity contribution is 7.89. The standard InChI is InChI=1S/C20H19F3N2O3S/c1-2-18-19-16(15-5-3-4-6-17(15)24-19)11-12-25(18)29(26,27)14-9-7-13(8-10-14)28-20(21,22)23/h3-10,18,24H,2,11-12H2,1H3. The third-order valence-electron chi connectivity index (χ3n) is 5.16. The topological polar surface area (TPSA) is 62.4 Å². The number of aromatic nitrogens is 1. The first kappa shape index (κ1) is 19.8. The summed E-state index contributed by atoms with van der Waals surface area (Å²) in [6.45, 7) is 2.21. The lowest BCUT2D eigenvalue weighted by atomic mass is 9.98. The van der Waals surface area contributed by atoms with Gasteiger partial charge in [0.25, 0.3) is 0 Å². The number of hydrogen-bond acceptors (Lipinski definition) is 3. The second-order valence-electron chi connectivity index (χ2n) is 6.87. The largest absolute Gasteiger partial charge is 0.573 e. The maximum atomic E-state index is 13.2. The Balaban J connectivity index is 1.68. The third kappa shape index (κ3) is 3.60. The van der Waals surface area contributed by atoms with E-state index in [1.54, 1.807) is 0 Å². The molecule has 5 nitrogen and oxygen atoms in total. The zero-order chi connectivity index (χ0) is 20.8. The van der Waals surface area contributed by atoms with Crippen molar-refractivity contribution in [2.24, 2.45) is 0 Å². The zero-order valence-electron chi connectivity index (χ0n) is 15.5. The highest BCUT2D eigenvalue weighted by Crippen LogP contribution is 2.39. The number of aromatic amines is 1. The van der Waals surface area contributed by atoms with Gasteiger partial charge in [-0.2, -0.15) is 4.31 Å². The number of nitrogens with one attached hydrogen (secondary N) is 1. The van der Waals surface area contributed by atoms with Crippen LogP contribution < -0.4 is 4.74 Å². The molecule has 0 bridgehead atoms. The molecule has 1 N–H and O–H groups in total. The Kier molecular flexibility index (Phi) is 4.82. The summed E-state index contributed by atoms with van der Waals surface area (Å²) >= 11 is 0. The Hall–Kier alpha value is -2.52. The van der Waals surface area contributed by atoms with Crippen LogP contribution >= 0.6 is 0 Å². The van der Waals surface area contributed by atoms with Crippen LogP contribution in [0.1, 0.15) is 30.6 Å². The number of halogens is 3. The molecule has 0 radical (unpaired) electrons. The molecule has 1 aliphatic rings. The van der Waals surface area contributed by atoms with Crippen LogP contribution in [0.3, 0.4) is 0 Å². The third-order valence-corrected chi connectivity index (χ3v) is 7.08. The van der Waals surface area contributed by atoms with Gasteiger partial charge in [0.05, 0.1) is 10.9 Å². The molecule has 0 saturated heterocycles. The van der Waals surface area contributed by atoms with E-state index < -0.39 is 22.1 Å². The summed E-state index contributed by atoms with van der Waals surface area (Å²) in [6, 6.07) is 11.8. The van der Waals surface area contributed by atoms with E-state index in [1.165, 1.54) is 4.31 Å². The van der Waals surface area contributed by atoms with Crippen LogP contribution in [0, 0.1) is 0 Å². The molecule has 0 saturated carbocycles. The smallest absolute Gasteiger partial charge is 0.406 e. The van der Waals surface area contributed by atoms with Crippen molar-refractivity contribution >= 4 is 20.9 Å². The molecule has 1 aromatic heterocycles. The molecule has 29 heavy (non-hydrogen) atoms. The number of alkyl halides is 3. The highest BCUT2D eigenvalue weighted by atomic mass is 32.2. The van der Waals surface area contributed by atoms with Gasteiger partial charge in [0.15, 0.2) is 0 Å². The van der Waals surface area contributed by atoms with Crippen LogP contribution in [-0.4, -0.2) is 30.6 Å². The Morgan fingerprint density at radius 3 is 2.48 bits per heavy atom. The van der Waals surface area contributed by atoms with Crippen LogP contribution in [0.15, 0.2) is 53.4 Å². The van der Waals surface area contributed by atoms with Crippen LogP contribution in [0.2, 0.25) is 0 Å². The number of hydrogen-bond donors (Lipinski definition) is 1. The number of nitrogens with zero attached hydrogens (tertiary/aromatic N) is 1. The Bertz CT molecular complexity index is 1140. The van der Waals surface area contributed by atoms with E-state index in [-0.39, 0.29) is 10.9 Å². The zero-order valence-corrected chi connectivity index (χ0v) is 16.3. The normalized spacial score (nSPS) is 18.0. The lowest BCUT2D eigenvalue weighted by Crippen LogP contribution is -2.39. The fourth-order valence-electron chi connectivity index (χ4n) is 3.94. The molecule has 2 heterocycles. The van der Waals surface area contributed by atoms with Gasteiger partial charge in [0, 0.05) is 23.1 Å². The van der Waals surface area contributed by atoms with E-state index in [4.69, 9.17) is 0 Å². The molecule has 3 aromatic rings. The summed E-state index contributed by atoms with van der Waals surface area (Å²) in [4.78, 5) is 3.29. The predicted octanol–water partition coefficient (Wildman–Crippen LogP) is 4.76. The fourth-order valence-corrected chi connectivity index (χ4v) is 5.61. The number of H-pyrrole nitrogens is 1. The van der Waals surface area contributed by atoms with Crippen molar-refractivity contribution in [1.29, 1.82) is 0 Å². The molecular formula is C20H19F3N2O3S. The van der Waals surface area contributed by atoms with Gasteiger partial charge < -0.3 is 9.72 Å². The van der Waals surface area contributed by atoms with Gasteiger partial charge in [-0.1, -0.05) is 25.1 Å². The van der Waals surface area contributed by atoms with Crippen molar-refractivity contribution in [2.45, 2.75) is 37.1 Å². The second kappa shape index (κ2) is 7.07. The number of sulfonamides is 1. The first-order valence-electron chi connectivity index (χ1n) is 9.18. The summed E-state index contributed by atoms with van der Waals surface area (Å²) in [5, 5.41) is 1.09. The minimum atomic E-state index is -4.83. The molecule has 1 unspecified atom stereocenters. The predicted molar refractivity (Wildman–Crippen MR) is 102 cm³/mol.